The molecule has 27 heavy (non-hydrogen) atoms. The average Bonchev–Trinajstić information content (AvgIpc) is 3.14. The van der Waals surface area contributed by atoms with Crippen molar-refractivity contribution in [2.24, 2.45) is 0 Å². The van der Waals surface area contributed by atoms with Crippen molar-refractivity contribution >= 4 is 11.6 Å². The zero-order chi connectivity index (χ0) is 18.8. The van der Waals surface area contributed by atoms with E-state index in [0.29, 0.717) is 49.1 Å². The molecule has 0 aliphatic carbocycles. The molecule has 0 bridgehead atoms. The summed E-state index contributed by atoms with van der Waals surface area (Å²) >= 11 is 0. The van der Waals surface area contributed by atoms with Crippen LogP contribution in [-0.2, 0) is 0 Å². The molecule has 2 aromatic carbocycles. The molecule has 7 heteroatoms. The van der Waals surface area contributed by atoms with E-state index in [1.54, 1.807) is 36.1 Å². The lowest BCUT2D eigenvalue weighted by atomic mass is 10.1. The number of aryl methyl sites for hydroxylation is 1. The van der Waals surface area contributed by atoms with E-state index >= 15 is 0 Å². The van der Waals surface area contributed by atoms with Gasteiger partial charge in [-0.1, -0.05) is 29.4 Å². The Labute approximate surface area is 156 Å². The van der Waals surface area contributed by atoms with Crippen molar-refractivity contribution in [3.05, 3.63) is 65.8 Å². The molecule has 138 valence electrons. The van der Waals surface area contributed by atoms with Crippen LogP contribution >= 0.6 is 0 Å². The van der Waals surface area contributed by atoms with E-state index in [2.05, 4.69) is 10.1 Å². The van der Waals surface area contributed by atoms with Crippen LogP contribution in [0.1, 0.15) is 16.2 Å². The maximum absolute atomic E-state index is 13.9. The van der Waals surface area contributed by atoms with Gasteiger partial charge in [0.25, 0.3) is 5.91 Å². The Bertz CT molecular complexity index is 947. The SMILES string of the molecule is Cc1nc(-c2ccc(C(=O)N3CCN(c4ccccc4F)CC3)cc2)no1. The molecule has 3 aromatic rings. The van der Waals surface area contributed by atoms with Gasteiger partial charge in [0, 0.05) is 44.2 Å². The Morgan fingerprint density at radius 2 is 1.74 bits per heavy atom. The van der Waals surface area contributed by atoms with Crippen molar-refractivity contribution in [3.63, 3.8) is 0 Å². The summed E-state index contributed by atoms with van der Waals surface area (Å²) < 4.78 is 18.9. The van der Waals surface area contributed by atoms with Crippen LogP contribution in [0.5, 0.6) is 0 Å². The first kappa shape index (κ1) is 17.2. The molecular weight excluding hydrogens is 347 g/mol. The van der Waals surface area contributed by atoms with Gasteiger partial charge in [0.1, 0.15) is 5.82 Å². The van der Waals surface area contributed by atoms with Crippen LogP contribution in [0.4, 0.5) is 10.1 Å². The second kappa shape index (κ2) is 7.19. The van der Waals surface area contributed by atoms with E-state index in [0.717, 1.165) is 5.56 Å². The van der Waals surface area contributed by atoms with Crippen LogP contribution in [0, 0.1) is 12.7 Å². The second-order valence-corrected chi connectivity index (χ2v) is 6.45. The van der Waals surface area contributed by atoms with Gasteiger partial charge in [0.2, 0.25) is 11.7 Å². The standard InChI is InChI=1S/C20H19FN4O2/c1-14-22-19(23-27-14)15-6-8-16(9-7-15)20(26)25-12-10-24(11-13-25)18-5-3-2-4-17(18)21/h2-9H,10-13H2,1H3. The third-order valence-corrected chi connectivity index (χ3v) is 4.68. The Balaban J connectivity index is 1.41. The Morgan fingerprint density at radius 3 is 2.37 bits per heavy atom. The molecule has 1 aliphatic heterocycles. The number of nitrogens with zero attached hydrogens (tertiary/aromatic N) is 4. The normalized spacial score (nSPS) is 14.4. The highest BCUT2D eigenvalue weighted by atomic mass is 19.1. The molecule has 1 fully saturated rings. The molecule has 0 unspecified atom stereocenters. The Kier molecular flexibility index (Phi) is 4.58. The minimum absolute atomic E-state index is 0.0287. The summed E-state index contributed by atoms with van der Waals surface area (Å²) in [6.07, 6.45) is 0. The lowest BCUT2D eigenvalue weighted by Gasteiger charge is -2.36. The Morgan fingerprint density at radius 1 is 1.04 bits per heavy atom. The quantitative estimate of drug-likeness (QED) is 0.713. The average molecular weight is 366 g/mol. The van der Waals surface area contributed by atoms with Gasteiger partial charge in [-0.2, -0.15) is 4.98 Å². The topological polar surface area (TPSA) is 62.5 Å². The van der Waals surface area contributed by atoms with E-state index in [1.807, 2.05) is 23.1 Å². The largest absolute Gasteiger partial charge is 0.366 e. The van der Waals surface area contributed by atoms with E-state index in [9.17, 15) is 9.18 Å². The summed E-state index contributed by atoms with van der Waals surface area (Å²) in [5.41, 5.74) is 2.00. The third-order valence-electron chi connectivity index (χ3n) is 4.68. The van der Waals surface area contributed by atoms with Crippen LogP contribution in [0.25, 0.3) is 11.4 Å². The second-order valence-electron chi connectivity index (χ2n) is 6.45. The van der Waals surface area contributed by atoms with E-state index < -0.39 is 0 Å². The van der Waals surface area contributed by atoms with Gasteiger partial charge in [0.05, 0.1) is 5.69 Å². The van der Waals surface area contributed by atoms with E-state index in [4.69, 9.17) is 4.52 Å². The van der Waals surface area contributed by atoms with Crippen LogP contribution in [0.3, 0.4) is 0 Å². The number of aromatic nitrogens is 2. The summed E-state index contributed by atoms with van der Waals surface area (Å²) in [5.74, 6) is 0.742. The molecule has 0 N–H and O–H groups in total. The number of anilines is 1. The molecule has 1 aromatic heterocycles. The van der Waals surface area contributed by atoms with Gasteiger partial charge >= 0.3 is 0 Å². The summed E-state index contributed by atoms with van der Waals surface area (Å²) in [5, 5.41) is 3.88. The zero-order valence-corrected chi connectivity index (χ0v) is 14.9. The summed E-state index contributed by atoms with van der Waals surface area (Å²) in [7, 11) is 0. The maximum atomic E-state index is 13.9. The number of hydrogen-bond donors (Lipinski definition) is 0. The number of rotatable bonds is 3. The number of amides is 1. The van der Waals surface area contributed by atoms with Crippen molar-refractivity contribution in [1.29, 1.82) is 0 Å². The van der Waals surface area contributed by atoms with Gasteiger partial charge in [0.15, 0.2) is 0 Å². The first-order valence-electron chi connectivity index (χ1n) is 8.81. The van der Waals surface area contributed by atoms with Crippen LogP contribution in [0.2, 0.25) is 0 Å². The first-order chi connectivity index (χ1) is 13.1. The predicted octanol–water partition coefficient (Wildman–Crippen LogP) is 3.15. The molecule has 0 radical (unpaired) electrons. The minimum atomic E-state index is -0.232. The van der Waals surface area contributed by atoms with Crippen molar-refractivity contribution < 1.29 is 13.7 Å². The van der Waals surface area contributed by atoms with E-state index in [-0.39, 0.29) is 11.7 Å². The summed E-state index contributed by atoms with van der Waals surface area (Å²) in [4.78, 5) is 20.7. The number of benzene rings is 2. The predicted molar refractivity (Wildman–Crippen MR) is 99.0 cm³/mol. The van der Waals surface area contributed by atoms with Crippen LogP contribution in [0.15, 0.2) is 53.1 Å². The van der Waals surface area contributed by atoms with Gasteiger partial charge < -0.3 is 14.3 Å². The highest BCUT2D eigenvalue weighted by Crippen LogP contribution is 2.21. The van der Waals surface area contributed by atoms with Crippen molar-refractivity contribution in [2.45, 2.75) is 6.92 Å². The molecule has 0 atom stereocenters. The number of halogens is 1. The molecule has 1 amide bonds. The molecule has 2 heterocycles. The monoisotopic (exact) mass is 366 g/mol. The maximum Gasteiger partial charge on any atom is 0.253 e. The van der Waals surface area contributed by atoms with Crippen molar-refractivity contribution in [1.82, 2.24) is 15.0 Å². The first-order valence-corrected chi connectivity index (χ1v) is 8.81. The zero-order valence-electron chi connectivity index (χ0n) is 14.9. The third kappa shape index (κ3) is 3.53. The van der Waals surface area contributed by atoms with Crippen LogP contribution in [-0.4, -0.2) is 47.1 Å². The van der Waals surface area contributed by atoms with Crippen LogP contribution < -0.4 is 4.90 Å². The lowest BCUT2D eigenvalue weighted by Crippen LogP contribution is -2.49. The minimum Gasteiger partial charge on any atom is -0.366 e. The Hall–Kier alpha value is -3.22. The molecule has 0 saturated carbocycles. The smallest absolute Gasteiger partial charge is 0.253 e. The fourth-order valence-electron chi connectivity index (χ4n) is 3.22. The van der Waals surface area contributed by atoms with E-state index in [1.165, 1.54) is 6.07 Å². The number of carbonyl (C=O) groups excluding carboxylic acids is 1. The van der Waals surface area contributed by atoms with Gasteiger partial charge in [-0.15, -0.1) is 0 Å². The molecule has 1 saturated heterocycles. The fraction of sp³-hybridized carbons (Fsp3) is 0.250. The van der Waals surface area contributed by atoms with Crippen molar-refractivity contribution in [2.75, 3.05) is 31.1 Å². The summed E-state index contributed by atoms with van der Waals surface area (Å²) in [6.45, 7) is 4.05. The van der Waals surface area contributed by atoms with Gasteiger partial charge in [-0.25, -0.2) is 4.39 Å². The molecule has 6 nitrogen and oxygen atoms in total. The highest BCUT2D eigenvalue weighted by Gasteiger charge is 2.23. The molecule has 0 spiro atoms. The number of carbonyl (C=O) groups is 1. The fourth-order valence-corrected chi connectivity index (χ4v) is 3.22. The molecule has 4 rings (SSSR count). The van der Waals surface area contributed by atoms with Crippen molar-refractivity contribution in [3.8, 4) is 11.4 Å². The lowest BCUT2D eigenvalue weighted by molar-refractivity contribution is 0.0746. The molecular formula is C20H19FN4O2. The van der Waals surface area contributed by atoms with Gasteiger partial charge in [-0.05, 0) is 24.3 Å². The van der Waals surface area contributed by atoms with Gasteiger partial charge in [-0.3, -0.25) is 4.79 Å². The molecule has 1 aliphatic rings. The number of para-hydroxylation sites is 1. The highest BCUT2D eigenvalue weighted by molar-refractivity contribution is 5.94. The number of piperazine rings is 1. The number of hydrogen-bond acceptors (Lipinski definition) is 5. The summed E-state index contributed by atoms with van der Waals surface area (Å²) in [6, 6.07) is 13.9.